The predicted octanol–water partition coefficient (Wildman–Crippen LogP) is 2.58. The Hall–Kier alpha value is -3.11. The summed E-state index contributed by atoms with van der Waals surface area (Å²) in [7, 11) is -1.12. The Morgan fingerprint density at radius 2 is 1.68 bits per heavy atom. The number of anilines is 2. The Kier molecular flexibility index (Phi) is 7.83. The molecule has 0 aromatic heterocycles. The van der Waals surface area contributed by atoms with Crippen molar-refractivity contribution in [3.63, 3.8) is 0 Å². The van der Waals surface area contributed by atoms with Gasteiger partial charge < -0.3 is 24.0 Å². The lowest BCUT2D eigenvalue weighted by molar-refractivity contribution is -0.139. The zero-order valence-electron chi connectivity index (χ0n) is 20.0. The minimum Gasteiger partial charge on any atom is -0.465 e. The van der Waals surface area contributed by atoms with Gasteiger partial charge in [-0.05, 0) is 44.2 Å². The van der Waals surface area contributed by atoms with Crippen LogP contribution in [0.4, 0.5) is 11.4 Å². The van der Waals surface area contributed by atoms with E-state index in [0.29, 0.717) is 24.5 Å². The fourth-order valence-electron chi connectivity index (χ4n) is 4.05. The normalized spacial score (nSPS) is 20.9. The van der Waals surface area contributed by atoms with Crippen LogP contribution in [0.5, 0.6) is 0 Å². The van der Waals surface area contributed by atoms with Crippen LogP contribution < -0.4 is 9.80 Å². The van der Waals surface area contributed by atoms with E-state index in [1.807, 2.05) is 13.8 Å². The van der Waals surface area contributed by atoms with Gasteiger partial charge in [0, 0.05) is 19.3 Å². The molecule has 2 heterocycles. The molecule has 10 heteroatoms. The Labute approximate surface area is 200 Å². The summed E-state index contributed by atoms with van der Waals surface area (Å²) in [5.74, 6) is -1.57. The Balaban J connectivity index is 2.30. The molecule has 0 spiro atoms. The number of rotatable bonds is 6. The van der Waals surface area contributed by atoms with E-state index in [9.17, 15) is 18.0 Å². The summed E-state index contributed by atoms with van der Waals surface area (Å²) in [4.78, 5) is 29.1. The number of carbonyl (C=O) groups is 2. The van der Waals surface area contributed by atoms with Crippen LogP contribution in [0.25, 0.3) is 0 Å². The lowest BCUT2D eigenvalue weighted by atomic mass is 10.1. The first-order chi connectivity index (χ1) is 16.1. The van der Waals surface area contributed by atoms with Crippen LogP contribution in [-0.2, 0) is 33.6 Å². The summed E-state index contributed by atoms with van der Waals surface area (Å²) in [5, 5.41) is 0. The highest BCUT2D eigenvalue weighted by atomic mass is 32.2. The molecule has 0 N–H and O–H groups in total. The maximum Gasteiger partial charge on any atom is 0.355 e. The van der Waals surface area contributed by atoms with E-state index in [0.717, 1.165) is 0 Å². The number of nitrogens with zero attached hydrogens (tertiary/aromatic N) is 2. The molecule has 1 aromatic rings. The first-order valence-electron chi connectivity index (χ1n) is 10.9. The zero-order valence-corrected chi connectivity index (χ0v) is 20.8. The van der Waals surface area contributed by atoms with Crippen molar-refractivity contribution in [1.82, 2.24) is 0 Å². The van der Waals surface area contributed by atoms with Crippen LogP contribution in [0.15, 0.2) is 58.8 Å². The molecule has 184 valence electrons. The summed E-state index contributed by atoms with van der Waals surface area (Å²) < 4.78 is 41.2. The highest BCUT2D eigenvalue weighted by Gasteiger charge is 2.32. The van der Waals surface area contributed by atoms with Gasteiger partial charge >= 0.3 is 11.9 Å². The van der Waals surface area contributed by atoms with E-state index in [-0.39, 0.29) is 34.1 Å². The van der Waals surface area contributed by atoms with Crippen LogP contribution in [0.1, 0.15) is 20.8 Å². The molecule has 2 atom stereocenters. The van der Waals surface area contributed by atoms with Gasteiger partial charge in [0.1, 0.15) is 5.70 Å². The third-order valence-corrected chi connectivity index (χ3v) is 7.33. The molecular weight excluding hydrogens is 460 g/mol. The number of carbonyl (C=O) groups excluding carboxylic acids is 2. The van der Waals surface area contributed by atoms with E-state index < -0.39 is 21.8 Å². The van der Waals surface area contributed by atoms with Crippen LogP contribution >= 0.6 is 0 Å². The maximum absolute atomic E-state index is 12.9. The summed E-state index contributed by atoms with van der Waals surface area (Å²) in [6.07, 6.45) is 6.18. The van der Waals surface area contributed by atoms with Crippen molar-refractivity contribution in [2.24, 2.45) is 0 Å². The van der Waals surface area contributed by atoms with Crippen LogP contribution in [-0.4, -0.2) is 65.6 Å². The standard InChI is InChI=1S/C24H30N2O7S/c1-6-34(29,30)18-10-11-20(25-14-16(2)33-17(3)15-25)21(13-18)26-12-8-7-9-19(23(27)31-4)22(26)24(28)32-5/h7-13,16-17H,6,14-15H2,1-5H3. The van der Waals surface area contributed by atoms with Crippen LogP contribution in [0.3, 0.4) is 0 Å². The first kappa shape index (κ1) is 25.5. The van der Waals surface area contributed by atoms with E-state index >= 15 is 0 Å². The molecule has 2 unspecified atom stereocenters. The average molecular weight is 491 g/mol. The highest BCUT2D eigenvalue weighted by Crippen LogP contribution is 2.38. The molecule has 3 rings (SSSR count). The summed E-state index contributed by atoms with van der Waals surface area (Å²) in [6, 6.07) is 4.80. The topological polar surface area (TPSA) is 102 Å². The number of esters is 2. The molecule has 0 radical (unpaired) electrons. The van der Waals surface area contributed by atoms with Crippen molar-refractivity contribution in [3.05, 3.63) is 53.9 Å². The molecule has 2 aliphatic rings. The number of ether oxygens (including phenoxy) is 3. The van der Waals surface area contributed by atoms with Gasteiger partial charge in [-0.1, -0.05) is 13.0 Å². The van der Waals surface area contributed by atoms with Crippen molar-refractivity contribution < 1.29 is 32.2 Å². The minimum atomic E-state index is -3.55. The fraction of sp³-hybridized carbons (Fsp3) is 0.417. The monoisotopic (exact) mass is 490 g/mol. The molecule has 0 aliphatic carbocycles. The molecular formula is C24H30N2O7S. The van der Waals surface area contributed by atoms with Crippen LogP contribution in [0, 0.1) is 0 Å². The smallest absolute Gasteiger partial charge is 0.355 e. The van der Waals surface area contributed by atoms with E-state index in [2.05, 4.69) is 4.90 Å². The number of morpholine rings is 1. The molecule has 1 aromatic carbocycles. The maximum atomic E-state index is 12.9. The summed E-state index contributed by atoms with van der Waals surface area (Å²) >= 11 is 0. The second-order valence-electron chi connectivity index (χ2n) is 8.03. The first-order valence-corrected chi connectivity index (χ1v) is 12.6. The number of hydrogen-bond donors (Lipinski definition) is 0. The average Bonchev–Trinajstić information content (AvgIpc) is 3.05. The quantitative estimate of drug-likeness (QED) is 0.557. The third-order valence-electron chi connectivity index (χ3n) is 5.60. The van der Waals surface area contributed by atoms with Gasteiger partial charge in [0.05, 0.1) is 54.0 Å². The van der Waals surface area contributed by atoms with Crippen molar-refractivity contribution >= 4 is 33.2 Å². The van der Waals surface area contributed by atoms with Crippen molar-refractivity contribution in [3.8, 4) is 0 Å². The van der Waals surface area contributed by atoms with Crippen molar-refractivity contribution in [1.29, 1.82) is 0 Å². The van der Waals surface area contributed by atoms with E-state index in [1.165, 1.54) is 31.3 Å². The molecule has 0 amide bonds. The number of benzene rings is 1. The SMILES string of the molecule is CCS(=O)(=O)c1ccc(N2CC(C)OC(C)C2)c(N2C=CC=CC(C(=O)OC)=C2C(=O)OC)c1. The summed E-state index contributed by atoms with van der Waals surface area (Å²) in [5.41, 5.74) is 1.01. The molecule has 2 aliphatic heterocycles. The Bertz CT molecular complexity index is 1140. The van der Waals surface area contributed by atoms with E-state index in [1.54, 1.807) is 37.4 Å². The molecule has 1 fully saturated rings. The zero-order chi connectivity index (χ0) is 25.0. The number of hydrogen-bond acceptors (Lipinski definition) is 9. The Morgan fingerprint density at radius 3 is 2.26 bits per heavy atom. The van der Waals surface area contributed by atoms with Crippen LogP contribution in [0.2, 0.25) is 0 Å². The van der Waals surface area contributed by atoms with Gasteiger partial charge in [-0.3, -0.25) is 0 Å². The predicted molar refractivity (Wildman–Crippen MR) is 128 cm³/mol. The highest BCUT2D eigenvalue weighted by molar-refractivity contribution is 7.91. The van der Waals surface area contributed by atoms with Gasteiger partial charge in [-0.2, -0.15) is 0 Å². The molecule has 9 nitrogen and oxygen atoms in total. The van der Waals surface area contributed by atoms with Crippen molar-refractivity contribution in [2.75, 3.05) is 42.9 Å². The molecule has 1 saturated heterocycles. The lowest BCUT2D eigenvalue weighted by Crippen LogP contribution is -2.46. The van der Waals surface area contributed by atoms with Gasteiger partial charge in [0.15, 0.2) is 9.84 Å². The Morgan fingerprint density at radius 1 is 1.03 bits per heavy atom. The lowest BCUT2D eigenvalue weighted by Gasteiger charge is -2.39. The molecule has 0 saturated carbocycles. The van der Waals surface area contributed by atoms with Gasteiger partial charge in [-0.15, -0.1) is 0 Å². The van der Waals surface area contributed by atoms with Gasteiger partial charge in [0.25, 0.3) is 0 Å². The second-order valence-corrected chi connectivity index (χ2v) is 10.3. The van der Waals surface area contributed by atoms with E-state index in [4.69, 9.17) is 14.2 Å². The second kappa shape index (κ2) is 10.4. The fourth-order valence-corrected chi connectivity index (χ4v) is 4.95. The van der Waals surface area contributed by atoms with Gasteiger partial charge in [-0.25, -0.2) is 18.0 Å². The number of methoxy groups -OCH3 is 2. The summed E-state index contributed by atoms with van der Waals surface area (Å²) in [6.45, 7) is 6.62. The minimum absolute atomic E-state index is 0.0160. The van der Waals surface area contributed by atoms with Gasteiger partial charge in [0.2, 0.25) is 0 Å². The third kappa shape index (κ3) is 5.18. The largest absolute Gasteiger partial charge is 0.465 e. The molecule has 0 bridgehead atoms. The number of sulfone groups is 1. The molecule has 34 heavy (non-hydrogen) atoms. The number of allylic oxidation sites excluding steroid dienone is 2. The van der Waals surface area contributed by atoms with Crippen molar-refractivity contribution in [2.45, 2.75) is 37.9 Å².